The van der Waals surface area contributed by atoms with E-state index in [0.29, 0.717) is 0 Å². The highest BCUT2D eigenvalue weighted by molar-refractivity contribution is 7.81. The van der Waals surface area contributed by atoms with Crippen molar-refractivity contribution in [3.63, 3.8) is 0 Å². The minimum Gasteiger partial charge on any atom is -0.349 e. The van der Waals surface area contributed by atoms with Gasteiger partial charge < -0.3 is 5.32 Å². The van der Waals surface area contributed by atoms with Gasteiger partial charge in [-0.25, -0.2) is 0 Å². The number of carbonyl (C=O) groups excluding carboxylic acids is 1. The fraction of sp³-hybridized carbons (Fsp3) is 0.400. The first-order chi connectivity index (χ1) is 6.61. The molecule has 14 heavy (non-hydrogen) atoms. The Balaban J connectivity index is 2.59. The van der Waals surface area contributed by atoms with Crippen LogP contribution in [0.3, 0.4) is 0 Å². The lowest BCUT2D eigenvalue weighted by Gasteiger charge is -2.14. The van der Waals surface area contributed by atoms with Gasteiger partial charge in [0.2, 0.25) is 5.91 Å². The molecule has 76 valence electrons. The number of pyridine rings is 1. The van der Waals surface area contributed by atoms with Gasteiger partial charge in [0, 0.05) is 12.4 Å². The van der Waals surface area contributed by atoms with Crippen LogP contribution in [0.25, 0.3) is 0 Å². The third-order valence-electron chi connectivity index (χ3n) is 1.92. The van der Waals surface area contributed by atoms with E-state index in [2.05, 4.69) is 22.9 Å². The summed E-state index contributed by atoms with van der Waals surface area (Å²) < 4.78 is 0. The molecule has 0 aliphatic rings. The number of hydrogen-bond acceptors (Lipinski definition) is 3. The largest absolute Gasteiger partial charge is 0.349 e. The van der Waals surface area contributed by atoms with Crippen molar-refractivity contribution in [3.8, 4) is 0 Å². The Hall–Kier alpha value is -1.03. The van der Waals surface area contributed by atoms with E-state index in [1.54, 1.807) is 19.3 Å². The molecular weight excluding hydrogens is 196 g/mol. The van der Waals surface area contributed by atoms with Crippen LogP contribution in [0.15, 0.2) is 24.5 Å². The van der Waals surface area contributed by atoms with Gasteiger partial charge in [-0.1, -0.05) is 6.07 Å². The lowest BCUT2D eigenvalue weighted by Crippen LogP contribution is -2.32. The van der Waals surface area contributed by atoms with E-state index in [1.807, 2.05) is 19.1 Å². The third kappa shape index (κ3) is 3.03. The molecule has 1 aromatic rings. The number of nitrogens with zero attached hydrogens (tertiary/aromatic N) is 1. The SMILES string of the molecule is CC(S)C(=O)NC(C)c1cccnc1. The fourth-order valence-corrected chi connectivity index (χ4v) is 1.12. The van der Waals surface area contributed by atoms with Crippen molar-refractivity contribution in [1.29, 1.82) is 0 Å². The normalized spacial score (nSPS) is 14.5. The van der Waals surface area contributed by atoms with E-state index in [1.165, 1.54) is 0 Å². The summed E-state index contributed by atoms with van der Waals surface area (Å²) in [5, 5.41) is 2.56. The van der Waals surface area contributed by atoms with Crippen molar-refractivity contribution < 1.29 is 4.79 Å². The Morgan fingerprint density at radius 1 is 1.57 bits per heavy atom. The Morgan fingerprint density at radius 3 is 2.79 bits per heavy atom. The lowest BCUT2D eigenvalue weighted by molar-refractivity contribution is -0.120. The first-order valence-electron chi connectivity index (χ1n) is 4.49. The summed E-state index contributed by atoms with van der Waals surface area (Å²) in [6.45, 7) is 3.67. The molecule has 0 bridgehead atoms. The van der Waals surface area contributed by atoms with Gasteiger partial charge in [-0.15, -0.1) is 0 Å². The van der Waals surface area contributed by atoms with Crippen molar-refractivity contribution in [1.82, 2.24) is 10.3 Å². The Morgan fingerprint density at radius 2 is 2.29 bits per heavy atom. The van der Waals surface area contributed by atoms with Crippen molar-refractivity contribution in [2.24, 2.45) is 0 Å². The monoisotopic (exact) mass is 210 g/mol. The van der Waals surface area contributed by atoms with Crippen LogP contribution < -0.4 is 5.32 Å². The summed E-state index contributed by atoms with van der Waals surface area (Å²) in [4.78, 5) is 15.3. The van der Waals surface area contributed by atoms with Gasteiger partial charge in [-0.3, -0.25) is 9.78 Å². The van der Waals surface area contributed by atoms with Crippen LogP contribution in [-0.2, 0) is 4.79 Å². The topological polar surface area (TPSA) is 42.0 Å². The maximum atomic E-state index is 11.3. The molecule has 0 aliphatic carbocycles. The van der Waals surface area contributed by atoms with Crippen molar-refractivity contribution in [2.45, 2.75) is 25.1 Å². The fourth-order valence-electron chi connectivity index (χ4n) is 1.05. The van der Waals surface area contributed by atoms with Gasteiger partial charge in [0.05, 0.1) is 11.3 Å². The molecule has 0 spiro atoms. The highest BCUT2D eigenvalue weighted by atomic mass is 32.1. The van der Waals surface area contributed by atoms with Gasteiger partial charge in [0.25, 0.3) is 0 Å². The van der Waals surface area contributed by atoms with E-state index >= 15 is 0 Å². The molecule has 2 unspecified atom stereocenters. The van der Waals surface area contributed by atoms with Gasteiger partial charge >= 0.3 is 0 Å². The van der Waals surface area contributed by atoms with Crippen molar-refractivity contribution in [3.05, 3.63) is 30.1 Å². The van der Waals surface area contributed by atoms with Gasteiger partial charge in [0.15, 0.2) is 0 Å². The molecule has 0 aromatic carbocycles. The second kappa shape index (κ2) is 5.00. The summed E-state index contributed by atoms with van der Waals surface area (Å²) in [5.41, 5.74) is 0.995. The van der Waals surface area contributed by atoms with Gasteiger partial charge in [-0.05, 0) is 25.5 Å². The van der Waals surface area contributed by atoms with Crippen LogP contribution in [0.5, 0.6) is 0 Å². The minimum absolute atomic E-state index is 0.0224. The Kier molecular flexibility index (Phi) is 3.95. The molecule has 0 radical (unpaired) electrons. The number of nitrogens with one attached hydrogen (secondary N) is 1. The molecule has 1 heterocycles. The Labute approximate surface area is 89.3 Å². The summed E-state index contributed by atoms with van der Waals surface area (Å²) in [6.07, 6.45) is 3.45. The molecule has 0 fully saturated rings. The quantitative estimate of drug-likeness (QED) is 0.744. The van der Waals surface area contributed by atoms with Gasteiger partial charge in [-0.2, -0.15) is 12.6 Å². The lowest BCUT2D eigenvalue weighted by atomic mass is 10.1. The first-order valence-corrected chi connectivity index (χ1v) is 5.01. The second-order valence-corrected chi connectivity index (χ2v) is 3.97. The zero-order valence-corrected chi connectivity index (χ0v) is 9.16. The van der Waals surface area contributed by atoms with Crippen LogP contribution in [0.2, 0.25) is 0 Å². The molecule has 1 aromatic heterocycles. The first kappa shape index (κ1) is 11.0. The van der Waals surface area contributed by atoms with Gasteiger partial charge in [0.1, 0.15) is 0 Å². The van der Waals surface area contributed by atoms with Crippen molar-refractivity contribution >= 4 is 18.5 Å². The van der Waals surface area contributed by atoms with Crippen LogP contribution in [0.1, 0.15) is 25.5 Å². The molecule has 0 saturated heterocycles. The van der Waals surface area contributed by atoms with E-state index in [0.717, 1.165) is 5.56 Å². The van der Waals surface area contributed by atoms with Crippen LogP contribution in [0.4, 0.5) is 0 Å². The second-order valence-electron chi connectivity index (χ2n) is 3.19. The molecule has 0 saturated carbocycles. The average molecular weight is 210 g/mol. The molecule has 1 N–H and O–H groups in total. The number of aromatic nitrogens is 1. The number of amides is 1. The van der Waals surface area contributed by atoms with Crippen molar-refractivity contribution in [2.75, 3.05) is 0 Å². The maximum Gasteiger partial charge on any atom is 0.233 e. The number of hydrogen-bond donors (Lipinski definition) is 2. The predicted molar refractivity (Wildman–Crippen MR) is 59.2 cm³/mol. The third-order valence-corrected chi connectivity index (χ3v) is 2.16. The van der Waals surface area contributed by atoms with E-state index < -0.39 is 0 Å². The number of rotatable bonds is 3. The summed E-state index contributed by atoms with van der Waals surface area (Å²) in [6, 6.07) is 3.76. The standard InChI is InChI=1S/C10H14N2OS/c1-7(12-10(13)8(2)14)9-4-3-5-11-6-9/h3-8,14H,1-2H3,(H,12,13). The highest BCUT2D eigenvalue weighted by Gasteiger charge is 2.12. The zero-order chi connectivity index (χ0) is 10.6. The maximum absolute atomic E-state index is 11.3. The van der Waals surface area contributed by atoms with E-state index in [4.69, 9.17) is 0 Å². The summed E-state index contributed by atoms with van der Waals surface area (Å²) in [5.74, 6) is -0.0651. The molecule has 2 atom stereocenters. The number of carbonyl (C=O) groups is 1. The molecular formula is C10H14N2OS. The molecule has 1 rings (SSSR count). The van der Waals surface area contributed by atoms with Crippen LogP contribution >= 0.6 is 12.6 Å². The molecule has 1 amide bonds. The Bertz CT molecular complexity index is 300. The summed E-state index contributed by atoms with van der Waals surface area (Å²) in [7, 11) is 0. The highest BCUT2D eigenvalue weighted by Crippen LogP contribution is 2.10. The van der Waals surface area contributed by atoms with E-state index in [9.17, 15) is 4.79 Å². The van der Waals surface area contributed by atoms with Crippen LogP contribution in [-0.4, -0.2) is 16.1 Å². The minimum atomic E-state index is -0.283. The smallest absolute Gasteiger partial charge is 0.233 e. The van der Waals surface area contributed by atoms with Crippen LogP contribution in [0, 0.1) is 0 Å². The summed E-state index contributed by atoms with van der Waals surface area (Å²) >= 11 is 4.05. The zero-order valence-electron chi connectivity index (χ0n) is 8.27. The molecule has 4 heteroatoms. The molecule has 3 nitrogen and oxygen atoms in total. The van der Waals surface area contributed by atoms with E-state index in [-0.39, 0.29) is 17.2 Å². The predicted octanol–water partition coefficient (Wildman–Crippen LogP) is 1.58. The average Bonchev–Trinajstić information content (AvgIpc) is 2.19. The number of thiol groups is 1. The molecule has 0 aliphatic heterocycles.